The van der Waals surface area contributed by atoms with Gasteiger partial charge in [-0.3, -0.25) is 14.4 Å². The van der Waals surface area contributed by atoms with Gasteiger partial charge in [-0.05, 0) is 68.1 Å². The van der Waals surface area contributed by atoms with Crippen molar-refractivity contribution in [3.63, 3.8) is 0 Å². The van der Waals surface area contributed by atoms with Crippen molar-refractivity contribution in [2.75, 3.05) is 14.1 Å². The summed E-state index contributed by atoms with van der Waals surface area (Å²) in [5.74, 6) is -1.14. The summed E-state index contributed by atoms with van der Waals surface area (Å²) >= 11 is 0. The van der Waals surface area contributed by atoms with E-state index >= 15 is 0 Å². The number of aryl methyl sites for hydroxylation is 1. The first-order chi connectivity index (χ1) is 22.4. The molecule has 0 saturated heterocycles. The lowest BCUT2D eigenvalue weighted by Gasteiger charge is -2.40. The number of halogens is 2. The lowest BCUT2D eigenvalue weighted by atomic mass is 9.99. The Kier molecular flexibility index (Phi) is 22.5. The van der Waals surface area contributed by atoms with Gasteiger partial charge in [0.1, 0.15) is 23.5 Å². The van der Waals surface area contributed by atoms with Gasteiger partial charge in [-0.15, -0.1) is 6.58 Å². The summed E-state index contributed by atoms with van der Waals surface area (Å²) in [5, 5.41) is 12.5. The summed E-state index contributed by atoms with van der Waals surface area (Å²) in [5.41, 5.74) is 2.73. The predicted molar refractivity (Wildman–Crippen MR) is 187 cm³/mol. The largest absolute Gasteiger partial charge is 0.508 e. The minimum absolute atomic E-state index is 0.136. The highest BCUT2D eigenvalue weighted by Crippen LogP contribution is 2.20. The molecule has 0 fully saturated rings. The van der Waals surface area contributed by atoms with Gasteiger partial charge in [0.15, 0.2) is 5.78 Å². The van der Waals surface area contributed by atoms with Gasteiger partial charge in [0, 0.05) is 32.5 Å². The third-order valence-corrected chi connectivity index (χ3v) is 6.99. The summed E-state index contributed by atoms with van der Waals surface area (Å²) < 4.78 is 24.9. The molecule has 0 radical (unpaired) electrons. The van der Waals surface area contributed by atoms with Crippen LogP contribution in [0.5, 0.6) is 5.75 Å². The Bertz CT molecular complexity index is 1320. The second-order valence-corrected chi connectivity index (χ2v) is 10.6. The number of amides is 2. The minimum Gasteiger partial charge on any atom is -0.508 e. The molecule has 0 aliphatic carbocycles. The number of ketones is 1. The maximum Gasteiger partial charge on any atom is 0.224 e. The predicted octanol–water partition coefficient (Wildman–Crippen LogP) is 7.47. The fourth-order valence-electron chi connectivity index (χ4n) is 4.38. The van der Waals surface area contributed by atoms with Gasteiger partial charge in [-0.2, -0.15) is 0 Å². The Hall–Kier alpha value is -4.37. The summed E-state index contributed by atoms with van der Waals surface area (Å²) in [6.45, 7) is 13.4. The van der Waals surface area contributed by atoms with E-state index in [9.17, 15) is 28.3 Å². The number of nitrogens with one attached hydrogen (secondary N) is 1. The van der Waals surface area contributed by atoms with Gasteiger partial charge in [0.05, 0.1) is 6.04 Å². The number of phenols is 1. The van der Waals surface area contributed by atoms with Crippen LogP contribution in [0.15, 0.2) is 85.5 Å². The van der Waals surface area contributed by atoms with Gasteiger partial charge in [-0.25, -0.2) is 8.78 Å². The van der Waals surface area contributed by atoms with E-state index in [-0.39, 0.29) is 23.9 Å². The van der Waals surface area contributed by atoms with Crippen LogP contribution in [0.2, 0.25) is 0 Å². The smallest absolute Gasteiger partial charge is 0.224 e. The standard InChI is InChI=1S/C18H26N2O4.C8H8F2.C8H11N.C4H8/c1-5-17(19(4)12-21)20(18(24)6-2)16(13(3)22)11-14-7-9-15(23)10-8-14;1-2-6-3-4-7(9)5-8(6)10;1-9-7-8-5-3-2-4-6-8;1-3-4-2/h7-10,12,16-17,23H,5-6,11H2,1-4H3;3-5H,2H2,1H3;2-6,9H,7H2,1H3;3H,1,4H2,2H3/t16-,17?;;;/m0.../s1. The fourth-order valence-corrected chi connectivity index (χ4v) is 4.38. The first-order valence-electron chi connectivity index (χ1n) is 15.9. The minimum atomic E-state index is -0.658. The van der Waals surface area contributed by atoms with Crippen LogP contribution in [-0.4, -0.2) is 59.3 Å². The number of carbonyl (C=O) groups excluding carboxylic acids is 3. The lowest BCUT2D eigenvalue weighted by molar-refractivity contribution is -0.148. The topological polar surface area (TPSA) is 90.0 Å². The Balaban J connectivity index is 0.000000745. The molecule has 0 saturated carbocycles. The van der Waals surface area contributed by atoms with Crippen LogP contribution < -0.4 is 5.32 Å². The van der Waals surface area contributed by atoms with Gasteiger partial charge in [0.2, 0.25) is 12.3 Å². The molecule has 7 nitrogen and oxygen atoms in total. The quantitative estimate of drug-likeness (QED) is 0.114. The first kappa shape index (κ1) is 42.6. The van der Waals surface area contributed by atoms with Crippen molar-refractivity contribution in [3.05, 3.63) is 114 Å². The first-order valence-corrected chi connectivity index (χ1v) is 15.9. The number of hydrogen-bond donors (Lipinski definition) is 2. The molecule has 258 valence electrons. The molecule has 3 rings (SSSR count). The van der Waals surface area contributed by atoms with E-state index in [4.69, 9.17) is 0 Å². The summed E-state index contributed by atoms with van der Waals surface area (Å²) in [7, 11) is 3.56. The third-order valence-electron chi connectivity index (χ3n) is 6.99. The Morgan fingerprint density at radius 2 is 1.55 bits per heavy atom. The molecule has 2 atom stereocenters. The number of Topliss-reactive ketones (excluding diaryl/α,β-unsaturated/α-hetero) is 1. The zero-order valence-electron chi connectivity index (χ0n) is 29.0. The Morgan fingerprint density at radius 1 is 0.957 bits per heavy atom. The number of carbonyl (C=O) groups is 3. The molecule has 1 unspecified atom stereocenters. The number of hydrogen-bond acceptors (Lipinski definition) is 5. The van der Waals surface area contributed by atoms with E-state index in [0.717, 1.165) is 24.6 Å². The average Bonchev–Trinajstić information content (AvgIpc) is 3.07. The maximum absolute atomic E-state index is 12.6. The number of phenolic OH excluding ortho intramolecular Hbond substituents is 1. The lowest BCUT2D eigenvalue weighted by Crippen LogP contribution is -2.56. The van der Waals surface area contributed by atoms with Crippen LogP contribution in [0, 0.1) is 11.6 Å². The van der Waals surface area contributed by atoms with Crippen LogP contribution >= 0.6 is 0 Å². The van der Waals surface area contributed by atoms with Crippen LogP contribution in [-0.2, 0) is 33.8 Å². The second kappa shape index (κ2) is 24.8. The molecule has 3 aromatic carbocycles. The highest BCUT2D eigenvalue weighted by atomic mass is 19.1. The molecular formula is C38H53F2N3O4. The van der Waals surface area contributed by atoms with E-state index in [1.165, 1.54) is 34.4 Å². The molecule has 2 amide bonds. The molecule has 3 aromatic rings. The average molecular weight is 654 g/mol. The fraction of sp³-hybridized carbons (Fsp3) is 0.395. The van der Waals surface area contributed by atoms with Crippen molar-refractivity contribution in [2.45, 2.75) is 85.5 Å². The molecule has 0 spiro atoms. The van der Waals surface area contributed by atoms with E-state index in [0.29, 0.717) is 31.2 Å². The zero-order chi connectivity index (χ0) is 35.8. The molecule has 0 heterocycles. The normalized spacial score (nSPS) is 11.1. The van der Waals surface area contributed by atoms with Gasteiger partial charge < -0.3 is 20.2 Å². The zero-order valence-corrected chi connectivity index (χ0v) is 29.0. The molecule has 9 heteroatoms. The van der Waals surface area contributed by atoms with Crippen molar-refractivity contribution in [2.24, 2.45) is 0 Å². The van der Waals surface area contributed by atoms with Crippen molar-refractivity contribution in [1.82, 2.24) is 15.1 Å². The van der Waals surface area contributed by atoms with E-state index in [2.05, 4.69) is 31.0 Å². The van der Waals surface area contributed by atoms with Crippen LogP contribution in [0.1, 0.15) is 70.6 Å². The molecule has 0 aliphatic rings. The Morgan fingerprint density at radius 3 is 1.98 bits per heavy atom. The number of benzene rings is 3. The number of nitrogens with zero attached hydrogens (tertiary/aromatic N) is 2. The molecule has 0 bridgehead atoms. The number of aromatic hydroxyl groups is 1. The SMILES string of the molecule is C=CCC.CCC(=O)N(C(CC)N(C)C=O)[C@@H](Cc1ccc(O)cc1)C(C)=O.CCc1ccc(F)cc1F.CNCc1ccccc1. The van der Waals surface area contributed by atoms with Gasteiger partial charge >= 0.3 is 0 Å². The van der Waals surface area contributed by atoms with E-state index < -0.39 is 23.8 Å². The third kappa shape index (κ3) is 16.7. The Labute approximate surface area is 280 Å². The van der Waals surface area contributed by atoms with Crippen LogP contribution in [0.4, 0.5) is 8.78 Å². The van der Waals surface area contributed by atoms with Crippen molar-refractivity contribution in [1.29, 1.82) is 0 Å². The summed E-state index contributed by atoms with van der Waals surface area (Å²) in [6, 6.07) is 19.9. The molecule has 47 heavy (non-hydrogen) atoms. The number of rotatable bonds is 13. The van der Waals surface area contributed by atoms with Crippen LogP contribution in [0.3, 0.4) is 0 Å². The van der Waals surface area contributed by atoms with Crippen molar-refractivity contribution in [3.8, 4) is 5.75 Å². The highest BCUT2D eigenvalue weighted by Gasteiger charge is 2.33. The molecule has 2 N–H and O–H groups in total. The van der Waals surface area contributed by atoms with Crippen molar-refractivity contribution >= 4 is 18.1 Å². The van der Waals surface area contributed by atoms with Gasteiger partial charge in [0.25, 0.3) is 0 Å². The second-order valence-electron chi connectivity index (χ2n) is 10.6. The maximum atomic E-state index is 12.6. The molecule has 0 aliphatic heterocycles. The molecule has 0 aromatic heterocycles. The summed E-state index contributed by atoms with van der Waals surface area (Å²) in [6.07, 6.45) is 4.88. The number of allylic oxidation sites excluding steroid dienone is 1. The van der Waals surface area contributed by atoms with Crippen molar-refractivity contribution < 1.29 is 28.3 Å². The summed E-state index contributed by atoms with van der Waals surface area (Å²) in [4.78, 5) is 38.9. The van der Waals surface area contributed by atoms with E-state index in [1.54, 1.807) is 38.2 Å². The van der Waals surface area contributed by atoms with E-state index in [1.807, 2.05) is 45.2 Å². The van der Waals surface area contributed by atoms with Gasteiger partial charge in [-0.1, -0.05) is 82.3 Å². The van der Waals surface area contributed by atoms with Crippen LogP contribution in [0.25, 0.3) is 0 Å². The molecular weight excluding hydrogens is 600 g/mol. The highest BCUT2D eigenvalue weighted by molar-refractivity contribution is 5.88. The monoisotopic (exact) mass is 653 g/mol.